The van der Waals surface area contributed by atoms with Crippen molar-refractivity contribution in [2.24, 2.45) is 16.5 Å². The summed E-state index contributed by atoms with van der Waals surface area (Å²) < 4.78 is 76.6. The molecule has 0 aromatic heterocycles. The molecule has 0 spiro atoms. The second-order valence-electron chi connectivity index (χ2n) is 6.06. The molecule has 0 saturated heterocycles. The normalized spacial score (nSPS) is 11.3. The van der Waals surface area contributed by atoms with Crippen molar-refractivity contribution in [2.45, 2.75) is 22.9 Å². The van der Waals surface area contributed by atoms with Gasteiger partial charge in [0.2, 0.25) is 9.84 Å². The van der Waals surface area contributed by atoms with E-state index in [9.17, 15) is 26.4 Å². The highest BCUT2D eigenvalue weighted by atomic mass is 35.5. The zero-order chi connectivity index (χ0) is 22.9. The van der Waals surface area contributed by atoms with Gasteiger partial charge >= 0.3 is 6.18 Å². The average molecular weight is 482 g/mol. The van der Waals surface area contributed by atoms with Gasteiger partial charge in [0.05, 0.1) is 24.7 Å². The van der Waals surface area contributed by atoms with E-state index >= 15 is 0 Å². The van der Waals surface area contributed by atoms with E-state index in [1.54, 1.807) is 6.92 Å². The Morgan fingerprint density at radius 1 is 1.00 bits per heavy atom. The Morgan fingerprint density at radius 2 is 1.58 bits per heavy atom. The summed E-state index contributed by atoms with van der Waals surface area (Å²) in [5.74, 6) is -1.85. The van der Waals surface area contributed by atoms with Gasteiger partial charge in [0.15, 0.2) is 5.96 Å². The van der Waals surface area contributed by atoms with Gasteiger partial charge in [-0.1, -0.05) is 0 Å². The van der Waals surface area contributed by atoms with Crippen LogP contribution in [0.15, 0.2) is 45.1 Å². The van der Waals surface area contributed by atoms with Gasteiger partial charge in [0.25, 0.3) is 5.91 Å². The van der Waals surface area contributed by atoms with Crippen LogP contribution in [0.25, 0.3) is 0 Å². The molecule has 0 aliphatic carbocycles. The number of ether oxygens (including phenoxy) is 2. The fourth-order valence-electron chi connectivity index (χ4n) is 2.58. The van der Waals surface area contributed by atoms with E-state index in [0.717, 1.165) is 12.1 Å². The van der Waals surface area contributed by atoms with Gasteiger partial charge < -0.3 is 20.9 Å². The standard InChI is InChI=1S/C18H18F3N3O5S.ClH/c1-9-4-14(29-3)15(8-13(9)28-2)30(26,27)12-6-10(16(25)24-17(22)23)5-11(7-12)18(19,20)21;/h4-8H,1-3H3,(H4,22,23,24,25);1H. The molecule has 2 aromatic carbocycles. The second-order valence-corrected chi connectivity index (χ2v) is 7.98. The Labute approximate surface area is 182 Å². The van der Waals surface area contributed by atoms with Crippen LogP contribution in [0.1, 0.15) is 21.5 Å². The van der Waals surface area contributed by atoms with Crippen molar-refractivity contribution in [3.05, 3.63) is 47.0 Å². The number of amides is 1. The Hall–Kier alpha value is -2.99. The van der Waals surface area contributed by atoms with Crippen LogP contribution in [0.4, 0.5) is 13.2 Å². The fourth-order valence-corrected chi connectivity index (χ4v) is 4.07. The number of nitrogens with zero attached hydrogens (tertiary/aromatic N) is 1. The van der Waals surface area contributed by atoms with Gasteiger partial charge in [-0.2, -0.15) is 18.2 Å². The molecular weight excluding hydrogens is 463 g/mol. The minimum Gasteiger partial charge on any atom is -0.496 e. The van der Waals surface area contributed by atoms with Crippen molar-refractivity contribution < 1.29 is 35.9 Å². The van der Waals surface area contributed by atoms with Crippen LogP contribution in [0.2, 0.25) is 0 Å². The summed E-state index contributed by atoms with van der Waals surface area (Å²) in [5, 5.41) is 0. The number of aliphatic imine (C=N–C) groups is 1. The molecule has 4 N–H and O–H groups in total. The minimum absolute atomic E-state index is 0. The van der Waals surface area contributed by atoms with Crippen molar-refractivity contribution in [3.63, 3.8) is 0 Å². The number of rotatable bonds is 5. The third-order valence-corrected chi connectivity index (χ3v) is 5.75. The summed E-state index contributed by atoms with van der Waals surface area (Å²) in [6.45, 7) is 1.63. The fraction of sp³-hybridized carbons (Fsp3) is 0.222. The number of nitrogens with two attached hydrogens (primary N) is 2. The molecule has 0 saturated carbocycles. The summed E-state index contributed by atoms with van der Waals surface area (Å²) in [7, 11) is -2.05. The second kappa shape index (κ2) is 9.43. The largest absolute Gasteiger partial charge is 0.496 e. The molecule has 2 aromatic rings. The lowest BCUT2D eigenvalue weighted by molar-refractivity contribution is -0.137. The van der Waals surface area contributed by atoms with E-state index in [0.29, 0.717) is 17.7 Å². The number of halogens is 4. The third kappa shape index (κ3) is 5.58. The molecule has 1 amide bonds. The van der Waals surface area contributed by atoms with E-state index < -0.39 is 48.8 Å². The molecule has 0 aliphatic rings. The quantitative estimate of drug-likeness (QED) is 0.495. The number of alkyl halides is 3. The number of aryl methyl sites for hydroxylation is 1. The number of guanidine groups is 1. The van der Waals surface area contributed by atoms with Crippen LogP contribution in [0.5, 0.6) is 11.5 Å². The summed E-state index contributed by atoms with van der Waals surface area (Å²) in [5.41, 5.74) is 8.70. The van der Waals surface area contributed by atoms with E-state index in [-0.39, 0.29) is 23.9 Å². The maximum absolute atomic E-state index is 13.3. The number of benzene rings is 2. The lowest BCUT2D eigenvalue weighted by Gasteiger charge is -2.15. The Morgan fingerprint density at radius 3 is 2.06 bits per heavy atom. The molecular formula is C18H19ClF3N3O5S. The van der Waals surface area contributed by atoms with Crippen LogP contribution in [-0.2, 0) is 16.0 Å². The highest BCUT2D eigenvalue weighted by Gasteiger charge is 2.34. The third-order valence-electron chi connectivity index (χ3n) is 3.99. The molecule has 2 rings (SSSR count). The molecule has 170 valence electrons. The highest BCUT2D eigenvalue weighted by Crippen LogP contribution is 2.38. The molecule has 0 heterocycles. The highest BCUT2D eigenvalue weighted by molar-refractivity contribution is 7.91. The summed E-state index contributed by atoms with van der Waals surface area (Å²) in [4.78, 5) is 14.0. The van der Waals surface area contributed by atoms with E-state index in [1.807, 2.05) is 0 Å². The predicted octanol–water partition coefficient (Wildman–Crippen LogP) is 2.70. The molecule has 0 aliphatic heterocycles. The first-order valence-corrected chi connectivity index (χ1v) is 9.63. The molecule has 0 bridgehead atoms. The first-order chi connectivity index (χ1) is 13.8. The molecule has 13 heteroatoms. The maximum Gasteiger partial charge on any atom is 0.416 e. The van der Waals surface area contributed by atoms with Gasteiger partial charge in [0, 0.05) is 11.6 Å². The summed E-state index contributed by atoms with van der Waals surface area (Å²) in [6.07, 6.45) is -4.94. The monoisotopic (exact) mass is 481 g/mol. The topological polar surface area (TPSA) is 134 Å². The molecule has 8 nitrogen and oxygen atoms in total. The lowest BCUT2D eigenvalue weighted by Crippen LogP contribution is -2.24. The van der Waals surface area contributed by atoms with Gasteiger partial charge in [-0.3, -0.25) is 4.79 Å². The number of hydrogen-bond donors (Lipinski definition) is 2. The average Bonchev–Trinajstić information content (AvgIpc) is 2.65. The lowest BCUT2D eigenvalue weighted by atomic mass is 10.1. The van der Waals surface area contributed by atoms with E-state index in [2.05, 4.69) is 4.99 Å². The van der Waals surface area contributed by atoms with Gasteiger partial charge in [-0.25, -0.2) is 8.42 Å². The SMILES string of the molecule is COc1cc(S(=O)(=O)c2cc(C(=O)N=C(N)N)cc(C(F)(F)F)c2)c(OC)cc1C.Cl. The van der Waals surface area contributed by atoms with Gasteiger partial charge in [-0.15, -0.1) is 12.4 Å². The van der Waals surface area contributed by atoms with Crippen molar-refractivity contribution >= 4 is 34.1 Å². The number of hydrogen-bond acceptors (Lipinski definition) is 5. The van der Waals surface area contributed by atoms with Crippen molar-refractivity contribution in [1.82, 2.24) is 0 Å². The number of carbonyl (C=O) groups is 1. The van der Waals surface area contributed by atoms with Crippen LogP contribution < -0.4 is 20.9 Å². The smallest absolute Gasteiger partial charge is 0.416 e. The molecule has 0 fully saturated rings. The predicted molar refractivity (Wildman–Crippen MR) is 109 cm³/mol. The minimum atomic E-state index is -4.94. The molecule has 0 atom stereocenters. The van der Waals surface area contributed by atoms with Crippen molar-refractivity contribution in [1.29, 1.82) is 0 Å². The number of sulfone groups is 1. The van der Waals surface area contributed by atoms with Crippen LogP contribution in [0.3, 0.4) is 0 Å². The Balaban J connectivity index is 0.00000480. The molecule has 31 heavy (non-hydrogen) atoms. The van der Waals surface area contributed by atoms with Crippen molar-refractivity contribution in [2.75, 3.05) is 14.2 Å². The van der Waals surface area contributed by atoms with Crippen LogP contribution in [-0.4, -0.2) is 34.5 Å². The first kappa shape index (κ1) is 26.0. The Bertz CT molecular complexity index is 1130. The number of methoxy groups -OCH3 is 2. The first-order valence-electron chi connectivity index (χ1n) is 8.15. The van der Waals surface area contributed by atoms with Crippen molar-refractivity contribution in [3.8, 4) is 11.5 Å². The van der Waals surface area contributed by atoms with E-state index in [1.165, 1.54) is 20.3 Å². The van der Waals surface area contributed by atoms with Crippen LogP contribution >= 0.6 is 12.4 Å². The maximum atomic E-state index is 13.3. The van der Waals surface area contributed by atoms with Gasteiger partial charge in [0.1, 0.15) is 16.4 Å². The Kier molecular flexibility index (Phi) is 7.93. The summed E-state index contributed by atoms with van der Waals surface area (Å²) >= 11 is 0. The van der Waals surface area contributed by atoms with E-state index in [4.69, 9.17) is 20.9 Å². The number of carbonyl (C=O) groups excluding carboxylic acids is 1. The zero-order valence-electron chi connectivity index (χ0n) is 16.5. The molecule has 0 unspecified atom stereocenters. The molecule has 0 radical (unpaired) electrons. The van der Waals surface area contributed by atoms with Gasteiger partial charge in [-0.05, 0) is 36.8 Å². The zero-order valence-corrected chi connectivity index (χ0v) is 18.1. The van der Waals surface area contributed by atoms with Crippen LogP contribution in [0, 0.1) is 6.92 Å². The summed E-state index contributed by atoms with van der Waals surface area (Å²) in [6, 6.07) is 4.12.